The van der Waals surface area contributed by atoms with E-state index in [0.29, 0.717) is 17.3 Å². The number of amides is 2. The molecule has 1 aromatic carbocycles. The summed E-state index contributed by atoms with van der Waals surface area (Å²) in [6, 6.07) is 10.8. The second-order valence-electron chi connectivity index (χ2n) is 6.67. The molecule has 0 fully saturated rings. The third-order valence-electron chi connectivity index (χ3n) is 3.06. The number of alkyl carbamates (subject to hydrolysis) is 1. The van der Waals surface area contributed by atoms with Crippen LogP contribution in [-0.4, -0.2) is 29.1 Å². The number of carbonyl (C=O) groups is 2. The molecule has 0 aliphatic carbocycles. The largest absolute Gasteiger partial charge is 0.444 e. The van der Waals surface area contributed by atoms with Crippen LogP contribution < -0.4 is 15.4 Å². The minimum Gasteiger partial charge on any atom is -0.444 e. The lowest BCUT2D eigenvalue weighted by molar-refractivity contribution is -0.116. The Balaban J connectivity index is 1.77. The van der Waals surface area contributed by atoms with Gasteiger partial charge in [-0.15, -0.1) is 0 Å². The molecule has 0 aliphatic rings. The number of carbonyl (C=O) groups excluding carboxylic acids is 2. The van der Waals surface area contributed by atoms with Gasteiger partial charge in [0, 0.05) is 23.5 Å². The van der Waals surface area contributed by atoms with E-state index in [1.165, 1.54) is 6.20 Å². The fraction of sp³-hybridized carbons (Fsp3) is 0.316. The second-order valence-corrected chi connectivity index (χ2v) is 7.59. The zero-order chi connectivity index (χ0) is 19.9. The molecule has 7 nitrogen and oxygen atoms in total. The van der Waals surface area contributed by atoms with Gasteiger partial charge in [-0.05, 0) is 45.0 Å². The molecule has 0 bridgehead atoms. The van der Waals surface area contributed by atoms with Crippen molar-refractivity contribution in [3.8, 4) is 11.6 Å². The number of nitrogens with one attached hydrogen (secondary N) is 2. The maximum absolute atomic E-state index is 11.9. The first-order valence-electron chi connectivity index (χ1n) is 8.37. The van der Waals surface area contributed by atoms with Crippen LogP contribution in [0.3, 0.4) is 0 Å². The fourth-order valence-electron chi connectivity index (χ4n) is 1.98. The average Bonchev–Trinajstić information content (AvgIpc) is 2.55. The minimum absolute atomic E-state index is 0.121. The molecule has 8 heteroatoms. The van der Waals surface area contributed by atoms with Crippen LogP contribution in [0.5, 0.6) is 11.6 Å². The van der Waals surface area contributed by atoms with Gasteiger partial charge in [-0.25, -0.2) is 9.78 Å². The van der Waals surface area contributed by atoms with Gasteiger partial charge in [0.1, 0.15) is 11.4 Å². The van der Waals surface area contributed by atoms with E-state index in [9.17, 15) is 9.59 Å². The molecular weight excluding hydrogens is 414 g/mol. The molecule has 0 saturated carbocycles. The molecule has 0 spiro atoms. The highest BCUT2D eigenvalue weighted by Gasteiger charge is 2.15. The molecule has 1 aromatic heterocycles. The van der Waals surface area contributed by atoms with Crippen molar-refractivity contribution in [3.05, 3.63) is 47.1 Å². The monoisotopic (exact) mass is 435 g/mol. The molecule has 1 heterocycles. The van der Waals surface area contributed by atoms with Crippen molar-refractivity contribution in [1.82, 2.24) is 10.3 Å². The smallest absolute Gasteiger partial charge is 0.407 e. The SMILES string of the molecule is CC(C)(C)OC(=O)NCCC(=O)Nc1ccc(Oc2cccc(Br)c2)nc1. The molecule has 0 atom stereocenters. The van der Waals surface area contributed by atoms with E-state index in [2.05, 4.69) is 31.5 Å². The number of ether oxygens (including phenoxy) is 2. The van der Waals surface area contributed by atoms with Gasteiger partial charge in [-0.1, -0.05) is 22.0 Å². The van der Waals surface area contributed by atoms with Crippen LogP contribution >= 0.6 is 15.9 Å². The quantitative estimate of drug-likeness (QED) is 0.697. The number of anilines is 1. The first-order chi connectivity index (χ1) is 12.7. The number of benzene rings is 1. The Morgan fingerprint density at radius 1 is 1.19 bits per heavy atom. The number of nitrogens with zero attached hydrogens (tertiary/aromatic N) is 1. The van der Waals surface area contributed by atoms with Crippen LogP contribution in [0.2, 0.25) is 0 Å². The lowest BCUT2D eigenvalue weighted by Gasteiger charge is -2.19. The number of halogens is 1. The van der Waals surface area contributed by atoms with Crippen molar-refractivity contribution >= 4 is 33.6 Å². The van der Waals surface area contributed by atoms with Crippen LogP contribution in [0, 0.1) is 0 Å². The first-order valence-corrected chi connectivity index (χ1v) is 9.17. The van der Waals surface area contributed by atoms with Gasteiger partial charge < -0.3 is 20.1 Å². The summed E-state index contributed by atoms with van der Waals surface area (Å²) in [5, 5.41) is 5.24. The van der Waals surface area contributed by atoms with Crippen molar-refractivity contribution < 1.29 is 19.1 Å². The highest BCUT2D eigenvalue weighted by atomic mass is 79.9. The minimum atomic E-state index is -0.572. The second kappa shape index (κ2) is 9.36. The van der Waals surface area contributed by atoms with Crippen LogP contribution in [0.15, 0.2) is 47.1 Å². The molecule has 144 valence electrons. The average molecular weight is 436 g/mol. The van der Waals surface area contributed by atoms with Crippen LogP contribution in [0.25, 0.3) is 0 Å². The maximum Gasteiger partial charge on any atom is 0.407 e. The summed E-state index contributed by atoms with van der Waals surface area (Å²) in [4.78, 5) is 27.6. The van der Waals surface area contributed by atoms with Crippen LogP contribution in [0.4, 0.5) is 10.5 Å². The summed E-state index contributed by atoms with van der Waals surface area (Å²) < 4.78 is 11.6. The number of hydrogen-bond acceptors (Lipinski definition) is 5. The van der Waals surface area contributed by atoms with Crippen molar-refractivity contribution in [3.63, 3.8) is 0 Å². The van der Waals surface area contributed by atoms with Crippen molar-refractivity contribution in [2.24, 2.45) is 0 Å². The van der Waals surface area contributed by atoms with E-state index in [0.717, 1.165) is 4.47 Å². The van der Waals surface area contributed by atoms with Gasteiger partial charge in [0.2, 0.25) is 11.8 Å². The molecule has 0 unspecified atom stereocenters. The summed E-state index contributed by atoms with van der Waals surface area (Å²) >= 11 is 3.38. The third kappa shape index (κ3) is 8.08. The van der Waals surface area contributed by atoms with Gasteiger partial charge in [0.15, 0.2) is 0 Å². The van der Waals surface area contributed by atoms with E-state index in [1.54, 1.807) is 32.9 Å². The molecule has 2 N–H and O–H groups in total. The van der Waals surface area contributed by atoms with Crippen molar-refractivity contribution in [1.29, 1.82) is 0 Å². The van der Waals surface area contributed by atoms with E-state index >= 15 is 0 Å². The van der Waals surface area contributed by atoms with Crippen molar-refractivity contribution in [2.45, 2.75) is 32.8 Å². The lowest BCUT2D eigenvalue weighted by Crippen LogP contribution is -2.34. The summed E-state index contributed by atoms with van der Waals surface area (Å²) in [5.41, 5.74) is -0.0312. The molecule has 2 aromatic rings. The number of hydrogen-bond donors (Lipinski definition) is 2. The Morgan fingerprint density at radius 2 is 1.96 bits per heavy atom. The zero-order valence-electron chi connectivity index (χ0n) is 15.4. The topological polar surface area (TPSA) is 89.5 Å². The Kier molecular flexibility index (Phi) is 7.18. The van der Waals surface area contributed by atoms with E-state index in [1.807, 2.05) is 24.3 Å². The van der Waals surface area contributed by atoms with Gasteiger partial charge in [0.05, 0.1) is 11.9 Å². The predicted molar refractivity (Wildman–Crippen MR) is 106 cm³/mol. The van der Waals surface area contributed by atoms with Gasteiger partial charge in [-0.2, -0.15) is 0 Å². The normalized spacial score (nSPS) is 10.8. The zero-order valence-corrected chi connectivity index (χ0v) is 17.0. The molecule has 0 radical (unpaired) electrons. The summed E-state index contributed by atoms with van der Waals surface area (Å²) in [7, 11) is 0. The highest BCUT2D eigenvalue weighted by molar-refractivity contribution is 9.10. The Hall–Kier alpha value is -2.61. The Labute approximate surface area is 166 Å². The third-order valence-corrected chi connectivity index (χ3v) is 3.55. The lowest BCUT2D eigenvalue weighted by atomic mass is 10.2. The predicted octanol–water partition coefficient (Wildman–Crippen LogP) is 4.49. The summed E-state index contributed by atoms with van der Waals surface area (Å²) in [6.45, 7) is 5.50. The summed E-state index contributed by atoms with van der Waals surface area (Å²) in [5.74, 6) is 0.827. The molecule has 0 saturated heterocycles. The summed E-state index contributed by atoms with van der Waals surface area (Å²) in [6.07, 6.45) is 1.08. The number of aromatic nitrogens is 1. The number of pyridine rings is 1. The maximum atomic E-state index is 11.9. The van der Waals surface area contributed by atoms with Crippen LogP contribution in [0.1, 0.15) is 27.2 Å². The van der Waals surface area contributed by atoms with Gasteiger partial charge >= 0.3 is 6.09 Å². The van der Waals surface area contributed by atoms with Gasteiger partial charge in [0.25, 0.3) is 0 Å². The van der Waals surface area contributed by atoms with Crippen molar-refractivity contribution in [2.75, 3.05) is 11.9 Å². The standard InChI is InChI=1S/C19H22BrN3O4/c1-19(2,3)27-18(25)21-10-9-16(24)23-14-7-8-17(22-12-14)26-15-6-4-5-13(20)11-15/h4-8,11-12H,9-10H2,1-3H3,(H,21,25)(H,23,24). The molecule has 2 rings (SSSR count). The molecule has 2 amide bonds. The van der Waals surface area contributed by atoms with E-state index < -0.39 is 11.7 Å². The molecular formula is C19H22BrN3O4. The molecule has 27 heavy (non-hydrogen) atoms. The van der Waals surface area contributed by atoms with Crippen LogP contribution in [-0.2, 0) is 9.53 Å². The Bertz CT molecular complexity index is 788. The number of rotatable bonds is 6. The van der Waals surface area contributed by atoms with E-state index in [-0.39, 0.29) is 18.9 Å². The first kappa shape index (κ1) is 20.7. The Morgan fingerprint density at radius 3 is 2.59 bits per heavy atom. The highest BCUT2D eigenvalue weighted by Crippen LogP contribution is 2.23. The fourth-order valence-corrected chi connectivity index (χ4v) is 2.36. The van der Waals surface area contributed by atoms with E-state index in [4.69, 9.17) is 9.47 Å². The van der Waals surface area contributed by atoms with Gasteiger partial charge in [-0.3, -0.25) is 4.79 Å². The molecule has 0 aliphatic heterocycles.